The van der Waals surface area contributed by atoms with Crippen LogP contribution in [0.2, 0.25) is 0 Å². The zero-order chi connectivity index (χ0) is 18.0. The van der Waals surface area contributed by atoms with Crippen LogP contribution < -0.4 is 0 Å². The Labute approximate surface area is 115 Å². The molecule has 3 nitrogen and oxygen atoms in total. The number of carbonyl (C=O) groups is 1. The average molecular weight is 247 g/mol. The molecule has 2 rings (SSSR count). The van der Waals surface area contributed by atoms with Crippen molar-refractivity contribution in [3.8, 4) is 11.1 Å². The van der Waals surface area contributed by atoms with Crippen molar-refractivity contribution in [3.05, 3.63) is 60.2 Å². The van der Waals surface area contributed by atoms with Gasteiger partial charge in [0.1, 0.15) is 0 Å². The summed E-state index contributed by atoms with van der Waals surface area (Å²) in [6.45, 7) is -6.22. The number of rotatable bonds is 3. The second-order valence-electron chi connectivity index (χ2n) is 3.58. The van der Waals surface area contributed by atoms with Gasteiger partial charge in [0.25, 0.3) is 0 Å². The Hall–Kier alpha value is -2.13. The van der Waals surface area contributed by atoms with Gasteiger partial charge in [0.15, 0.2) is 0 Å². The number of hydrogen-bond donors (Lipinski definition) is 0. The van der Waals surface area contributed by atoms with Crippen LogP contribution >= 0.6 is 0 Å². The Bertz CT molecular complexity index is 698. The molecule has 0 spiro atoms. The lowest BCUT2D eigenvalue weighted by atomic mass is 10.00. The van der Waals surface area contributed by atoms with Crippen LogP contribution in [-0.2, 0) is 4.84 Å². The molecule has 0 aliphatic carbocycles. The van der Waals surface area contributed by atoms with Crippen LogP contribution in [0.25, 0.3) is 11.1 Å². The Morgan fingerprint density at radius 3 is 2.44 bits per heavy atom. The van der Waals surface area contributed by atoms with Crippen molar-refractivity contribution >= 4 is 5.97 Å². The van der Waals surface area contributed by atoms with Gasteiger partial charge in [-0.05, 0) is 17.2 Å². The van der Waals surface area contributed by atoms with E-state index >= 15 is 0 Å². The number of benzene rings is 2. The fourth-order valence-electron chi connectivity index (χ4n) is 1.66. The zero-order valence-corrected chi connectivity index (χ0v) is 9.46. The molecule has 0 amide bonds. The molecular formula is C15H15NO2. The maximum atomic E-state index is 12.4. The molecule has 0 aromatic heterocycles. The van der Waals surface area contributed by atoms with E-state index < -0.39 is 19.9 Å². The number of nitrogens with zero attached hydrogens (tertiary/aromatic N) is 1. The predicted molar refractivity (Wildman–Crippen MR) is 71.0 cm³/mol. The molecule has 2 aromatic rings. The fraction of sp³-hybridized carbons (Fsp3) is 0.133. The molecule has 2 aromatic carbocycles. The van der Waals surface area contributed by atoms with Gasteiger partial charge in [0.2, 0.25) is 0 Å². The Morgan fingerprint density at radius 1 is 1.06 bits per heavy atom. The molecule has 0 saturated heterocycles. The second-order valence-corrected chi connectivity index (χ2v) is 3.58. The second kappa shape index (κ2) is 5.47. The highest BCUT2D eigenvalue weighted by Crippen LogP contribution is 2.23. The summed E-state index contributed by atoms with van der Waals surface area (Å²) in [6.07, 6.45) is 0. The number of hydrogen-bond acceptors (Lipinski definition) is 3. The van der Waals surface area contributed by atoms with Crippen molar-refractivity contribution in [2.24, 2.45) is 0 Å². The van der Waals surface area contributed by atoms with E-state index in [4.69, 9.17) is 13.1 Å². The van der Waals surface area contributed by atoms with Gasteiger partial charge in [-0.3, -0.25) is 0 Å². The van der Waals surface area contributed by atoms with Crippen LogP contribution in [0.5, 0.6) is 0 Å². The molecule has 0 unspecified atom stereocenters. The molecule has 3 heteroatoms. The van der Waals surface area contributed by atoms with E-state index in [1.165, 1.54) is 6.07 Å². The highest BCUT2D eigenvalue weighted by molar-refractivity contribution is 5.97. The molecule has 92 valence electrons. The van der Waals surface area contributed by atoms with Crippen LogP contribution in [0.1, 0.15) is 18.6 Å². The van der Waals surface area contributed by atoms with Crippen LogP contribution in [0.4, 0.5) is 0 Å². The summed E-state index contributed by atoms with van der Waals surface area (Å²) in [7, 11) is 0. The first-order valence-electron chi connectivity index (χ1n) is 8.28. The van der Waals surface area contributed by atoms with Crippen LogP contribution in [0.15, 0.2) is 54.6 Å². The molecular weight excluding hydrogens is 226 g/mol. The number of hydroxylamine groups is 2. The van der Waals surface area contributed by atoms with Crippen molar-refractivity contribution in [1.82, 2.24) is 5.06 Å². The van der Waals surface area contributed by atoms with Crippen molar-refractivity contribution in [2.45, 2.75) is 0 Å². The standard InChI is InChI=1S/C15H15NO2/c1-16(2)18-15(17)14-11-7-6-10-13(14)12-8-4-3-5-9-12/h3-11H,1-2H3/i1D3,2D3. The summed E-state index contributed by atoms with van der Waals surface area (Å²) in [6, 6.07) is 15.3. The summed E-state index contributed by atoms with van der Waals surface area (Å²) in [5.74, 6) is -1.05. The maximum absolute atomic E-state index is 12.4. The van der Waals surface area contributed by atoms with E-state index in [0.29, 0.717) is 5.56 Å². The lowest BCUT2D eigenvalue weighted by Crippen LogP contribution is -2.19. The molecule has 0 fully saturated rings. The minimum Gasteiger partial charge on any atom is -0.364 e. The summed E-state index contributed by atoms with van der Waals surface area (Å²) in [4.78, 5) is 17.1. The zero-order valence-electron chi connectivity index (χ0n) is 15.5. The van der Waals surface area contributed by atoms with E-state index in [-0.39, 0.29) is 10.6 Å². The van der Waals surface area contributed by atoms with Crippen LogP contribution in [0, 0.1) is 0 Å². The van der Waals surface area contributed by atoms with Crippen LogP contribution in [-0.4, -0.2) is 25.0 Å². The number of carbonyl (C=O) groups excluding carboxylic acids is 1. The van der Waals surface area contributed by atoms with Crippen molar-refractivity contribution in [1.29, 1.82) is 0 Å². The normalized spacial score (nSPS) is 16.7. The van der Waals surface area contributed by atoms with Crippen molar-refractivity contribution in [3.63, 3.8) is 0 Å². The monoisotopic (exact) mass is 247 g/mol. The van der Waals surface area contributed by atoms with Crippen molar-refractivity contribution in [2.75, 3.05) is 14.0 Å². The Balaban J connectivity index is 2.37. The highest BCUT2D eigenvalue weighted by Gasteiger charge is 2.14. The lowest BCUT2D eigenvalue weighted by Gasteiger charge is -2.12. The van der Waals surface area contributed by atoms with E-state index in [1.54, 1.807) is 42.5 Å². The van der Waals surface area contributed by atoms with Gasteiger partial charge in [-0.25, -0.2) is 4.79 Å². The molecule has 0 radical (unpaired) electrons. The first-order valence-corrected chi connectivity index (χ1v) is 5.28. The molecule has 0 saturated carbocycles. The molecule has 0 bridgehead atoms. The smallest absolute Gasteiger partial charge is 0.357 e. The van der Waals surface area contributed by atoms with E-state index in [9.17, 15) is 4.79 Å². The fourth-order valence-corrected chi connectivity index (χ4v) is 1.66. The molecule has 0 N–H and O–H groups in total. The van der Waals surface area contributed by atoms with Gasteiger partial charge in [-0.2, -0.15) is 0 Å². The van der Waals surface area contributed by atoms with Gasteiger partial charge >= 0.3 is 5.97 Å². The lowest BCUT2D eigenvalue weighted by molar-refractivity contribution is -0.0712. The highest BCUT2D eigenvalue weighted by atomic mass is 16.7. The van der Waals surface area contributed by atoms with Crippen molar-refractivity contribution < 1.29 is 17.9 Å². The molecule has 0 aliphatic rings. The van der Waals surface area contributed by atoms with Gasteiger partial charge in [0.05, 0.1) is 5.56 Å². The largest absolute Gasteiger partial charge is 0.364 e. The van der Waals surface area contributed by atoms with E-state index in [1.807, 2.05) is 6.07 Å². The summed E-state index contributed by atoms with van der Waals surface area (Å²) in [5.41, 5.74) is 1.31. The van der Waals surface area contributed by atoms with E-state index in [0.717, 1.165) is 5.56 Å². The SMILES string of the molecule is [2H]C([2H])([2H])N(OC(=O)c1ccccc1-c1ccccc1)C([2H])([2H])[2H]. The minimum atomic E-state index is -3.11. The molecule has 0 atom stereocenters. The summed E-state index contributed by atoms with van der Waals surface area (Å²) >= 11 is 0. The first kappa shape index (κ1) is 6.71. The molecule has 0 aliphatic heterocycles. The third-order valence-electron chi connectivity index (χ3n) is 2.41. The molecule has 18 heavy (non-hydrogen) atoms. The average Bonchev–Trinajstić information content (AvgIpc) is 2.51. The Kier molecular flexibility index (Phi) is 2.04. The summed E-state index contributed by atoms with van der Waals surface area (Å²) < 4.78 is 43.4. The van der Waals surface area contributed by atoms with Gasteiger partial charge in [0, 0.05) is 22.2 Å². The molecule has 0 heterocycles. The maximum Gasteiger partial charge on any atom is 0.357 e. The third-order valence-corrected chi connectivity index (χ3v) is 2.41. The van der Waals surface area contributed by atoms with Crippen LogP contribution in [0.3, 0.4) is 0 Å². The minimum absolute atomic E-state index is 0.0715. The van der Waals surface area contributed by atoms with Gasteiger partial charge in [-0.1, -0.05) is 48.5 Å². The Morgan fingerprint density at radius 2 is 1.72 bits per heavy atom. The van der Waals surface area contributed by atoms with Gasteiger partial charge in [-0.15, -0.1) is 5.06 Å². The predicted octanol–water partition coefficient (Wildman–Crippen LogP) is 2.99. The third kappa shape index (κ3) is 2.76. The van der Waals surface area contributed by atoms with Gasteiger partial charge < -0.3 is 4.84 Å². The quantitative estimate of drug-likeness (QED) is 0.781. The summed E-state index contributed by atoms with van der Waals surface area (Å²) in [5, 5.41) is -0.232. The first-order chi connectivity index (χ1) is 11.1. The topological polar surface area (TPSA) is 29.5 Å². The van der Waals surface area contributed by atoms with E-state index in [2.05, 4.69) is 0 Å².